The molecule has 28 heavy (non-hydrogen) atoms. The zero-order valence-corrected chi connectivity index (χ0v) is 18.1. The van der Waals surface area contributed by atoms with Crippen molar-refractivity contribution in [2.45, 2.75) is 63.8 Å². The van der Waals surface area contributed by atoms with Crippen LogP contribution in [0.25, 0.3) is 0 Å². The average Bonchev–Trinajstić information content (AvgIpc) is 2.73. The predicted molar refractivity (Wildman–Crippen MR) is 112 cm³/mol. The molecule has 2 heterocycles. The Morgan fingerprint density at radius 1 is 0.893 bits per heavy atom. The molecule has 3 rings (SSSR count). The number of carbonyl (C=O) groups is 2. The fraction of sp³-hybridized carbons (Fsp3) is 0.909. The number of piperazine rings is 1. The first-order valence-corrected chi connectivity index (χ1v) is 11.5. The summed E-state index contributed by atoms with van der Waals surface area (Å²) in [5.41, 5.74) is 0. The molecule has 1 saturated carbocycles. The van der Waals surface area contributed by atoms with E-state index in [0.29, 0.717) is 24.8 Å². The lowest BCUT2D eigenvalue weighted by atomic mass is 9.94. The molecule has 3 aliphatic rings. The van der Waals surface area contributed by atoms with Crippen LogP contribution in [0.15, 0.2) is 0 Å². The molecule has 0 N–H and O–H groups in total. The van der Waals surface area contributed by atoms with Gasteiger partial charge in [-0.2, -0.15) is 0 Å². The third-order valence-electron chi connectivity index (χ3n) is 7.05. The van der Waals surface area contributed by atoms with E-state index in [0.717, 1.165) is 65.1 Å². The van der Waals surface area contributed by atoms with Crippen LogP contribution in [0, 0.1) is 5.92 Å². The van der Waals surface area contributed by atoms with Gasteiger partial charge in [0.15, 0.2) is 0 Å². The summed E-state index contributed by atoms with van der Waals surface area (Å²) >= 11 is 0. The van der Waals surface area contributed by atoms with Crippen molar-refractivity contribution in [3.63, 3.8) is 0 Å². The number of hydrogen-bond acceptors (Lipinski definition) is 4. The Hall–Kier alpha value is -1.14. The first kappa shape index (κ1) is 21.6. The molecule has 3 fully saturated rings. The minimum atomic E-state index is 0.145. The standard InChI is InChI=1S/C22H40N4O2/c1-23-13-15-25(16-14-23)17-19-7-6-12-26(18-19)22(28)11-10-21(27)24(2)20-8-4-3-5-9-20/h19-20H,3-18H2,1-2H3. The molecule has 6 nitrogen and oxygen atoms in total. The quantitative estimate of drug-likeness (QED) is 0.694. The second-order valence-corrected chi connectivity index (χ2v) is 9.25. The number of piperidine rings is 1. The highest BCUT2D eigenvalue weighted by molar-refractivity contribution is 5.84. The maximum absolute atomic E-state index is 12.7. The molecule has 0 radical (unpaired) electrons. The maximum atomic E-state index is 12.7. The molecule has 1 aliphatic carbocycles. The molecule has 0 spiro atoms. The van der Waals surface area contributed by atoms with Crippen molar-refractivity contribution in [1.29, 1.82) is 0 Å². The zero-order chi connectivity index (χ0) is 19.9. The fourth-order valence-electron chi connectivity index (χ4n) is 5.06. The number of rotatable bonds is 6. The summed E-state index contributed by atoms with van der Waals surface area (Å²) in [6, 6.07) is 0.388. The molecule has 1 atom stereocenters. The number of hydrogen-bond donors (Lipinski definition) is 0. The molecule has 2 saturated heterocycles. The number of amides is 2. The van der Waals surface area contributed by atoms with E-state index in [1.54, 1.807) is 0 Å². The molecular formula is C22H40N4O2. The van der Waals surface area contributed by atoms with E-state index >= 15 is 0 Å². The van der Waals surface area contributed by atoms with Gasteiger partial charge < -0.3 is 19.6 Å². The molecule has 6 heteroatoms. The summed E-state index contributed by atoms with van der Waals surface area (Å²) in [6.45, 7) is 7.42. The molecule has 2 amide bonds. The largest absolute Gasteiger partial charge is 0.343 e. The average molecular weight is 393 g/mol. The van der Waals surface area contributed by atoms with Crippen molar-refractivity contribution in [1.82, 2.24) is 19.6 Å². The first-order valence-electron chi connectivity index (χ1n) is 11.5. The predicted octanol–water partition coefficient (Wildman–Crippen LogP) is 2.04. The SMILES string of the molecule is CN1CCN(CC2CCCN(C(=O)CCC(=O)N(C)C3CCCCC3)C2)CC1. The van der Waals surface area contributed by atoms with Gasteiger partial charge >= 0.3 is 0 Å². The lowest BCUT2D eigenvalue weighted by Gasteiger charge is -2.38. The first-order chi connectivity index (χ1) is 13.5. The molecule has 2 aliphatic heterocycles. The Labute approximate surface area is 171 Å². The lowest BCUT2D eigenvalue weighted by Crippen LogP contribution is -2.49. The van der Waals surface area contributed by atoms with E-state index < -0.39 is 0 Å². The van der Waals surface area contributed by atoms with Gasteiger partial charge in [0.05, 0.1) is 0 Å². The topological polar surface area (TPSA) is 47.1 Å². The van der Waals surface area contributed by atoms with E-state index in [4.69, 9.17) is 0 Å². The molecule has 0 aromatic heterocycles. The van der Waals surface area contributed by atoms with E-state index in [2.05, 4.69) is 16.8 Å². The number of nitrogens with zero attached hydrogens (tertiary/aromatic N) is 4. The third kappa shape index (κ3) is 6.18. The van der Waals surface area contributed by atoms with E-state index in [-0.39, 0.29) is 11.8 Å². The van der Waals surface area contributed by atoms with Crippen molar-refractivity contribution in [3.8, 4) is 0 Å². The minimum Gasteiger partial charge on any atom is -0.343 e. The van der Waals surface area contributed by atoms with Crippen molar-refractivity contribution < 1.29 is 9.59 Å². The van der Waals surface area contributed by atoms with Crippen LogP contribution in [-0.2, 0) is 9.59 Å². The van der Waals surface area contributed by atoms with Crippen molar-refractivity contribution >= 4 is 11.8 Å². The van der Waals surface area contributed by atoms with E-state index in [1.807, 2.05) is 16.8 Å². The van der Waals surface area contributed by atoms with E-state index in [9.17, 15) is 9.59 Å². The molecule has 0 aromatic rings. The van der Waals surface area contributed by atoms with Gasteiger partial charge in [-0.1, -0.05) is 19.3 Å². The second kappa shape index (κ2) is 10.6. The smallest absolute Gasteiger partial charge is 0.223 e. The fourth-order valence-corrected chi connectivity index (χ4v) is 5.06. The number of likely N-dealkylation sites (tertiary alicyclic amines) is 1. The van der Waals surface area contributed by atoms with Gasteiger partial charge in [0.2, 0.25) is 11.8 Å². The third-order valence-corrected chi connectivity index (χ3v) is 7.05. The van der Waals surface area contributed by atoms with Crippen LogP contribution < -0.4 is 0 Å². The van der Waals surface area contributed by atoms with Gasteiger partial charge in [-0.25, -0.2) is 0 Å². The normalized spacial score (nSPS) is 25.6. The Kier molecular flexibility index (Phi) is 8.15. The Morgan fingerprint density at radius 2 is 1.61 bits per heavy atom. The highest BCUT2D eigenvalue weighted by Gasteiger charge is 2.27. The minimum absolute atomic E-state index is 0.145. The molecule has 0 bridgehead atoms. The van der Waals surface area contributed by atoms with Crippen LogP contribution in [0.4, 0.5) is 0 Å². The van der Waals surface area contributed by atoms with Gasteiger partial charge in [-0.3, -0.25) is 9.59 Å². The van der Waals surface area contributed by atoms with Crippen LogP contribution in [0.5, 0.6) is 0 Å². The summed E-state index contributed by atoms with van der Waals surface area (Å²) < 4.78 is 0. The van der Waals surface area contributed by atoms with Gasteiger partial charge in [-0.15, -0.1) is 0 Å². The Bertz CT molecular complexity index is 513. The molecular weight excluding hydrogens is 352 g/mol. The molecule has 160 valence electrons. The maximum Gasteiger partial charge on any atom is 0.223 e. The van der Waals surface area contributed by atoms with Crippen LogP contribution >= 0.6 is 0 Å². The number of likely N-dealkylation sites (N-methyl/N-ethyl adjacent to an activating group) is 1. The van der Waals surface area contributed by atoms with Gasteiger partial charge in [0, 0.05) is 71.7 Å². The van der Waals surface area contributed by atoms with Crippen molar-refractivity contribution in [3.05, 3.63) is 0 Å². The van der Waals surface area contributed by atoms with Crippen molar-refractivity contribution in [2.75, 3.05) is 59.9 Å². The summed E-state index contributed by atoms with van der Waals surface area (Å²) in [7, 11) is 4.11. The molecule has 0 aromatic carbocycles. The summed E-state index contributed by atoms with van der Waals surface area (Å²) in [6.07, 6.45) is 9.04. The van der Waals surface area contributed by atoms with Crippen LogP contribution in [0.3, 0.4) is 0 Å². The van der Waals surface area contributed by atoms with Gasteiger partial charge in [0.25, 0.3) is 0 Å². The van der Waals surface area contributed by atoms with Crippen LogP contribution in [-0.4, -0.2) is 97.4 Å². The molecule has 1 unspecified atom stereocenters. The Balaban J connectivity index is 1.39. The Morgan fingerprint density at radius 3 is 2.32 bits per heavy atom. The van der Waals surface area contributed by atoms with Crippen LogP contribution in [0.2, 0.25) is 0 Å². The summed E-state index contributed by atoms with van der Waals surface area (Å²) in [5.74, 6) is 0.904. The highest BCUT2D eigenvalue weighted by atomic mass is 16.2. The van der Waals surface area contributed by atoms with E-state index in [1.165, 1.54) is 25.7 Å². The number of carbonyl (C=O) groups excluding carboxylic acids is 2. The van der Waals surface area contributed by atoms with Gasteiger partial charge in [-0.05, 0) is 38.6 Å². The second-order valence-electron chi connectivity index (χ2n) is 9.25. The van der Waals surface area contributed by atoms with Gasteiger partial charge in [0.1, 0.15) is 0 Å². The summed E-state index contributed by atoms with van der Waals surface area (Å²) in [4.78, 5) is 34.1. The monoisotopic (exact) mass is 392 g/mol. The highest BCUT2D eigenvalue weighted by Crippen LogP contribution is 2.23. The lowest BCUT2D eigenvalue weighted by molar-refractivity contribution is -0.138. The van der Waals surface area contributed by atoms with Crippen LogP contribution in [0.1, 0.15) is 57.8 Å². The summed E-state index contributed by atoms with van der Waals surface area (Å²) in [5, 5.41) is 0. The van der Waals surface area contributed by atoms with Crippen molar-refractivity contribution in [2.24, 2.45) is 5.92 Å². The zero-order valence-electron chi connectivity index (χ0n) is 18.1.